The molecule has 0 saturated heterocycles. The van der Waals surface area contributed by atoms with Crippen LogP contribution in [-0.2, 0) is 19.1 Å². The van der Waals surface area contributed by atoms with Crippen LogP contribution in [0.3, 0.4) is 0 Å². The number of aliphatic hydroxyl groups is 2. The first-order chi connectivity index (χ1) is 52.6. The van der Waals surface area contributed by atoms with Crippen molar-refractivity contribution in [2.45, 2.75) is 0 Å². The fraction of sp³-hybridized carbons (Fsp3) is 0.0870. The first kappa shape index (κ1) is 67.9. The van der Waals surface area contributed by atoms with E-state index in [-0.39, 0.29) is 64.4 Å². The Kier molecular flexibility index (Phi) is 18.8. The highest BCUT2D eigenvalue weighted by molar-refractivity contribution is 6.31. The summed E-state index contributed by atoms with van der Waals surface area (Å²) in [4.78, 5) is 23.0. The van der Waals surface area contributed by atoms with E-state index in [1.54, 1.807) is 24.3 Å². The van der Waals surface area contributed by atoms with Crippen molar-refractivity contribution in [1.29, 1.82) is 0 Å². The van der Waals surface area contributed by atoms with E-state index in [1.165, 1.54) is 70.7 Å². The number of phenols is 2. The number of hydrogen-bond acceptors (Lipinski definition) is 12. The van der Waals surface area contributed by atoms with Crippen LogP contribution in [0.2, 0.25) is 0 Å². The van der Waals surface area contributed by atoms with Gasteiger partial charge in [0.05, 0.1) is 63.4 Å². The third-order valence-corrected chi connectivity index (χ3v) is 19.3. The van der Waals surface area contributed by atoms with E-state index < -0.39 is 11.9 Å². The summed E-state index contributed by atoms with van der Waals surface area (Å²) in [6.07, 6.45) is 2.23. The van der Waals surface area contributed by atoms with E-state index in [1.807, 2.05) is 24.3 Å². The zero-order valence-corrected chi connectivity index (χ0v) is 58.1. The predicted molar refractivity (Wildman–Crippen MR) is 429 cm³/mol. The van der Waals surface area contributed by atoms with Gasteiger partial charge in [-0.3, -0.25) is 0 Å². The normalized spacial score (nSPS) is 11.4. The molecule has 0 aliphatic carbocycles. The van der Waals surface area contributed by atoms with Crippen LogP contribution < -0.4 is 18.9 Å². The van der Waals surface area contributed by atoms with Crippen molar-refractivity contribution in [3.8, 4) is 51.6 Å². The molecule has 18 rings (SSSR count). The van der Waals surface area contributed by atoms with Crippen LogP contribution in [0.25, 0.3) is 147 Å². The minimum atomic E-state index is -0.514. The quantitative estimate of drug-likeness (QED) is 0.0342. The third kappa shape index (κ3) is 13.1. The first-order valence-electron chi connectivity index (χ1n) is 35.2. The molecule has 0 unspecified atom stereocenters. The van der Waals surface area contributed by atoms with Gasteiger partial charge in [-0.05, 0) is 101 Å². The highest BCUT2D eigenvalue weighted by Crippen LogP contribution is 2.46. The van der Waals surface area contributed by atoms with Crippen molar-refractivity contribution in [2.24, 2.45) is 0 Å². The van der Waals surface area contributed by atoms with Gasteiger partial charge in [0.15, 0.2) is 0 Å². The highest BCUT2D eigenvalue weighted by atomic mass is 16.6. The summed E-state index contributed by atoms with van der Waals surface area (Å²) in [6.45, 7) is 7.46. The van der Waals surface area contributed by atoms with Gasteiger partial charge in [0.2, 0.25) is 0 Å². The molecule has 107 heavy (non-hydrogen) atoms. The second-order valence-corrected chi connectivity index (χ2v) is 25.7. The first-order valence-corrected chi connectivity index (χ1v) is 35.2. The van der Waals surface area contributed by atoms with E-state index in [9.17, 15) is 30.0 Å². The molecule has 0 bridgehead atoms. The zero-order chi connectivity index (χ0) is 73.1. The molecule has 0 fully saturated rings. The van der Waals surface area contributed by atoms with Crippen LogP contribution in [-0.4, -0.2) is 98.9 Å². The smallest absolute Gasteiger partial charge is 0.330 e. The molecular weight excluding hydrogens is 1340 g/mol. The van der Waals surface area contributed by atoms with Gasteiger partial charge in [-0.25, -0.2) is 9.59 Å². The van der Waals surface area contributed by atoms with Crippen LogP contribution in [0.5, 0.6) is 34.5 Å². The topological polar surface area (TPSA) is 185 Å². The Labute approximate surface area is 613 Å². The number of aromatic hydroxyl groups is 2. The number of benzene rings is 15. The van der Waals surface area contributed by atoms with Gasteiger partial charge >= 0.3 is 11.9 Å². The van der Waals surface area contributed by atoms with Gasteiger partial charge in [-0.2, -0.15) is 0 Å². The number of carbonyl (C=O) groups is 2. The number of aromatic nitrogens is 3. The summed E-state index contributed by atoms with van der Waals surface area (Å²) in [5.74, 6) is 1.30. The Balaban J connectivity index is 0.000000125. The Morgan fingerprint density at radius 3 is 0.766 bits per heavy atom. The summed E-state index contributed by atoms with van der Waals surface area (Å²) >= 11 is 0. The predicted octanol–water partition coefficient (Wildman–Crippen LogP) is 19.6. The minimum Gasteiger partial charge on any atom is -0.508 e. The number of nitrogens with zero attached hydrogens (tertiary/aromatic N) is 3. The molecule has 0 aliphatic rings. The second kappa shape index (κ2) is 29.6. The monoisotopic (exact) mass is 1410 g/mol. The fourth-order valence-electron chi connectivity index (χ4n) is 14.9. The average molecular weight is 1410 g/mol. The van der Waals surface area contributed by atoms with Crippen molar-refractivity contribution in [3.63, 3.8) is 0 Å². The number of ether oxygens (including phenoxy) is 6. The van der Waals surface area contributed by atoms with Crippen molar-refractivity contribution in [3.05, 3.63) is 298 Å². The van der Waals surface area contributed by atoms with Gasteiger partial charge in [0.25, 0.3) is 0 Å². The summed E-state index contributed by atoms with van der Waals surface area (Å²) in [6, 6.07) is 92.3. The van der Waals surface area contributed by atoms with Crippen molar-refractivity contribution >= 4 is 142 Å². The van der Waals surface area contributed by atoms with Crippen molar-refractivity contribution < 1.29 is 58.4 Å². The fourth-order valence-corrected chi connectivity index (χ4v) is 14.9. The van der Waals surface area contributed by atoms with Gasteiger partial charge in [0, 0.05) is 99.1 Å². The molecule has 4 N–H and O–H groups in total. The number of fused-ring (bicyclic) bond motifs is 21. The molecule has 18 aromatic rings. The summed E-state index contributed by atoms with van der Waals surface area (Å²) in [7, 11) is 0. The van der Waals surface area contributed by atoms with E-state index in [2.05, 4.69) is 245 Å². The van der Waals surface area contributed by atoms with Crippen LogP contribution in [0.4, 0.5) is 0 Å². The lowest BCUT2D eigenvalue weighted by atomic mass is 10.00. The van der Waals surface area contributed by atoms with Crippen LogP contribution in [0, 0.1) is 0 Å². The second-order valence-electron chi connectivity index (χ2n) is 25.7. The Bertz CT molecular complexity index is 6150. The van der Waals surface area contributed by atoms with Crippen LogP contribution in [0.1, 0.15) is 0 Å². The van der Waals surface area contributed by atoms with Gasteiger partial charge in [-0.1, -0.05) is 195 Å². The minimum absolute atomic E-state index is 0.0385. The lowest BCUT2D eigenvalue weighted by Crippen LogP contribution is -2.11. The number of aliphatic hydroxyl groups excluding tert-OH is 2. The molecule has 0 spiro atoms. The van der Waals surface area contributed by atoms with Crippen molar-refractivity contribution in [1.82, 2.24) is 13.7 Å². The van der Waals surface area contributed by atoms with Gasteiger partial charge in [0.1, 0.15) is 74.1 Å². The largest absolute Gasteiger partial charge is 0.508 e. The summed E-state index contributed by atoms with van der Waals surface area (Å²) in [5.41, 5.74) is 8.77. The Morgan fingerprint density at radius 1 is 0.290 bits per heavy atom. The molecule has 15 heteroatoms. The van der Waals surface area contributed by atoms with Gasteiger partial charge < -0.3 is 62.5 Å². The van der Waals surface area contributed by atoms with E-state index in [0.717, 1.165) is 94.6 Å². The number of phenolic OH excluding ortho intramolecular Hbond substituents is 2. The van der Waals surface area contributed by atoms with Crippen LogP contribution >= 0.6 is 0 Å². The molecule has 526 valence electrons. The molecule has 15 aromatic carbocycles. The van der Waals surface area contributed by atoms with Crippen molar-refractivity contribution in [2.75, 3.05) is 52.9 Å². The highest BCUT2D eigenvalue weighted by Gasteiger charge is 2.23. The lowest BCUT2D eigenvalue weighted by Gasteiger charge is -2.15. The lowest BCUT2D eigenvalue weighted by molar-refractivity contribution is -0.139. The molecule has 15 nitrogen and oxygen atoms in total. The SMILES string of the molecule is C=CC(=O)OCCOc1cc(OCCOC(=O)C=C)cc(-n2c3ccc4ccccc4c3c3c4ccccc4ccc32)c1.OCCOc1cc(OCCO)cc(-n2c3ccc4ccccc4c3c3c4ccccc4ccc32)c1.Oc1cc(O)cc(-n2c3ccc4ccccc4c3c3c4ccccc4ccc32)c1. The van der Waals surface area contributed by atoms with E-state index >= 15 is 0 Å². The average Bonchev–Trinajstić information content (AvgIpc) is 1.58. The molecule has 3 heterocycles. The van der Waals surface area contributed by atoms with E-state index in [4.69, 9.17) is 28.4 Å². The summed E-state index contributed by atoms with van der Waals surface area (Å²) < 4.78 is 40.3. The number of carbonyl (C=O) groups excluding carboxylic acids is 2. The van der Waals surface area contributed by atoms with Gasteiger partial charge in [-0.15, -0.1) is 0 Å². The number of hydrogen-bond donors (Lipinski definition) is 4. The molecule has 0 amide bonds. The molecule has 0 atom stereocenters. The maximum atomic E-state index is 11.5. The number of rotatable bonds is 19. The standard InChI is InChI=1S/C36H29NO6.C30H25NO4.C26H17NO2/c1-3-33(38)42-19-17-40-27-21-26(22-28(23-27)41-18-20-43-34(39)4-2)37-31-15-13-24-9-5-7-11-29(24)35(31)36-30-12-8-6-10-25(30)14-16-32(36)37;32-13-15-34-23-17-22(18-24(19-23)35-16-14-33)31-27-11-9-20-5-1-3-7-25(20)29(27)30-26-8-4-2-6-21(26)10-12-28(30)31;28-19-13-18(14-20(29)15-19)27-23-11-9-16-5-1-3-7-21(16)25(23)26-22-8-4-2-6-17(22)10-12-24(26)27/h3-16,21-23H,1-2,17-20H2;1-12,17-19,32-33H,13-16H2;1-15,28-29H. The number of esters is 2. The molecule has 3 aromatic heterocycles. The summed E-state index contributed by atoms with van der Waals surface area (Å²) in [5, 5.41) is 60.0. The molecule has 0 radical (unpaired) electrons. The third-order valence-electron chi connectivity index (χ3n) is 19.3. The Morgan fingerprint density at radius 2 is 0.523 bits per heavy atom. The Hall–Kier alpha value is -13.6. The van der Waals surface area contributed by atoms with E-state index in [0.29, 0.717) is 23.0 Å². The van der Waals surface area contributed by atoms with Crippen LogP contribution in [0.15, 0.2) is 298 Å². The molecule has 0 saturated carbocycles. The molecular formula is C92H71N3O12. The maximum absolute atomic E-state index is 11.5. The maximum Gasteiger partial charge on any atom is 0.330 e. The zero-order valence-electron chi connectivity index (χ0n) is 58.1. The molecule has 0 aliphatic heterocycles.